The number of aliphatic hydroxyl groups is 1. The summed E-state index contributed by atoms with van der Waals surface area (Å²) in [5, 5.41) is 16.8. The number of piperidine rings is 1. The topological polar surface area (TPSA) is 69.1 Å². The number of hydrogen-bond acceptors (Lipinski definition) is 4. The highest BCUT2D eigenvalue weighted by atomic mass is 127. The SMILES string of the molecule is CCNC(=NCC1CCCN(C)C1c1ccc(OC)cc1)NC1CCC(O)CC1.I. The van der Waals surface area contributed by atoms with Gasteiger partial charge in [0.05, 0.1) is 13.2 Å². The van der Waals surface area contributed by atoms with Gasteiger partial charge in [0.15, 0.2) is 5.96 Å². The second kappa shape index (κ2) is 12.7. The summed E-state index contributed by atoms with van der Waals surface area (Å²) in [7, 11) is 3.93. The van der Waals surface area contributed by atoms with E-state index in [1.807, 2.05) is 0 Å². The molecular formula is C23H39IN4O2. The van der Waals surface area contributed by atoms with E-state index in [0.29, 0.717) is 18.0 Å². The smallest absolute Gasteiger partial charge is 0.191 e. The van der Waals surface area contributed by atoms with Crippen molar-refractivity contribution < 1.29 is 9.84 Å². The average molecular weight is 530 g/mol. The Labute approximate surface area is 198 Å². The van der Waals surface area contributed by atoms with Gasteiger partial charge in [0.1, 0.15) is 5.75 Å². The molecule has 0 amide bonds. The lowest BCUT2D eigenvalue weighted by Crippen LogP contribution is -2.46. The molecule has 3 rings (SSSR count). The molecule has 2 aliphatic rings. The fourth-order valence-electron chi connectivity index (χ4n) is 4.72. The van der Waals surface area contributed by atoms with Gasteiger partial charge < -0.3 is 20.5 Å². The molecule has 0 bridgehead atoms. The third-order valence-corrected chi connectivity index (χ3v) is 6.33. The number of likely N-dealkylation sites (tertiary alicyclic amines) is 1. The van der Waals surface area contributed by atoms with Crippen LogP contribution < -0.4 is 15.4 Å². The van der Waals surface area contributed by atoms with E-state index in [4.69, 9.17) is 9.73 Å². The Morgan fingerprint density at radius 3 is 2.50 bits per heavy atom. The van der Waals surface area contributed by atoms with Gasteiger partial charge in [-0.15, -0.1) is 24.0 Å². The molecule has 6 nitrogen and oxygen atoms in total. The second-order valence-corrected chi connectivity index (χ2v) is 8.47. The lowest BCUT2D eigenvalue weighted by Gasteiger charge is -2.39. The van der Waals surface area contributed by atoms with Crippen LogP contribution in [0.4, 0.5) is 0 Å². The summed E-state index contributed by atoms with van der Waals surface area (Å²) in [6, 6.07) is 9.29. The Bertz CT molecular complexity index is 647. The predicted molar refractivity (Wildman–Crippen MR) is 134 cm³/mol. The van der Waals surface area contributed by atoms with Crippen molar-refractivity contribution >= 4 is 29.9 Å². The van der Waals surface area contributed by atoms with Crippen LogP contribution in [-0.2, 0) is 0 Å². The first-order chi connectivity index (χ1) is 14.1. The van der Waals surface area contributed by atoms with Crippen LogP contribution in [0, 0.1) is 5.92 Å². The predicted octanol–water partition coefficient (Wildman–Crippen LogP) is 3.55. The average Bonchev–Trinajstić information content (AvgIpc) is 2.74. The van der Waals surface area contributed by atoms with Crippen molar-refractivity contribution in [2.24, 2.45) is 10.9 Å². The van der Waals surface area contributed by atoms with Crippen LogP contribution >= 0.6 is 24.0 Å². The van der Waals surface area contributed by atoms with Gasteiger partial charge in [-0.3, -0.25) is 9.89 Å². The van der Waals surface area contributed by atoms with E-state index in [9.17, 15) is 5.11 Å². The molecule has 0 radical (unpaired) electrons. The molecule has 1 aromatic carbocycles. The molecular weight excluding hydrogens is 491 g/mol. The Balaban J connectivity index is 0.00000320. The van der Waals surface area contributed by atoms with Crippen molar-refractivity contribution in [3.63, 3.8) is 0 Å². The van der Waals surface area contributed by atoms with Crippen LogP contribution in [-0.4, -0.2) is 61.9 Å². The maximum absolute atomic E-state index is 9.75. The summed E-state index contributed by atoms with van der Waals surface area (Å²) in [4.78, 5) is 7.44. The number of rotatable bonds is 6. The van der Waals surface area contributed by atoms with Crippen LogP contribution in [0.15, 0.2) is 29.3 Å². The minimum atomic E-state index is -0.129. The first kappa shape index (κ1) is 25.2. The number of ether oxygens (including phenoxy) is 1. The maximum Gasteiger partial charge on any atom is 0.191 e. The Kier molecular flexibility index (Phi) is 10.7. The molecule has 2 unspecified atom stereocenters. The van der Waals surface area contributed by atoms with Crippen LogP contribution in [0.25, 0.3) is 0 Å². The molecule has 170 valence electrons. The number of halogens is 1. The Hall–Kier alpha value is -1.06. The highest BCUT2D eigenvalue weighted by molar-refractivity contribution is 14.0. The van der Waals surface area contributed by atoms with Gasteiger partial charge in [-0.25, -0.2) is 0 Å². The van der Waals surface area contributed by atoms with Gasteiger partial charge in [-0.2, -0.15) is 0 Å². The van der Waals surface area contributed by atoms with E-state index in [2.05, 4.69) is 53.8 Å². The fraction of sp³-hybridized carbons (Fsp3) is 0.696. The zero-order valence-electron chi connectivity index (χ0n) is 18.6. The molecule has 2 fully saturated rings. The van der Waals surface area contributed by atoms with Crippen molar-refractivity contribution in [2.75, 3.05) is 33.8 Å². The molecule has 7 heteroatoms. The summed E-state index contributed by atoms with van der Waals surface area (Å²) >= 11 is 0. The molecule has 0 aromatic heterocycles. The van der Waals surface area contributed by atoms with Gasteiger partial charge in [0.2, 0.25) is 0 Å². The second-order valence-electron chi connectivity index (χ2n) is 8.47. The molecule has 1 saturated heterocycles. The molecule has 1 aliphatic heterocycles. The molecule has 1 heterocycles. The normalized spacial score (nSPS) is 27.8. The number of guanidine groups is 1. The number of aliphatic hydroxyl groups excluding tert-OH is 1. The van der Waals surface area contributed by atoms with Gasteiger partial charge in [0.25, 0.3) is 0 Å². The molecule has 1 aromatic rings. The lowest BCUT2D eigenvalue weighted by atomic mass is 9.85. The third kappa shape index (κ3) is 6.99. The van der Waals surface area contributed by atoms with Gasteiger partial charge in [-0.1, -0.05) is 12.1 Å². The number of nitrogens with zero attached hydrogens (tertiary/aromatic N) is 2. The standard InChI is InChI=1S/C23H38N4O2.HI/c1-4-24-23(26-19-9-11-20(28)12-10-19)25-16-18-6-5-15-27(2)22(18)17-7-13-21(29-3)14-8-17;/h7-8,13-14,18-20,22,28H,4-6,9-12,15-16H2,1-3H3,(H2,24,25,26);1H. The van der Waals surface area contributed by atoms with Crippen LogP contribution in [0.5, 0.6) is 5.75 Å². The van der Waals surface area contributed by atoms with Gasteiger partial charge in [-0.05, 0) is 82.7 Å². The third-order valence-electron chi connectivity index (χ3n) is 6.33. The zero-order chi connectivity index (χ0) is 20.6. The summed E-state index contributed by atoms with van der Waals surface area (Å²) in [6.45, 7) is 4.90. The zero-order valence-corrected chi connectivity index (χ0v) is 21.0. The van der Waals surface area contributed by atoms with E-state index < -0.39 is 0 Å². The minimum Gasteiger partial charge on any atom is -0.497 e. The van der Waals surface area contributed by atoms with E-state index >= 15 is 0 Å². The van der Waals surface area contributed by atoms with E-state index in [0.717, 1.165) is 57.0 Å². The number of aliphatic imine (C=N–C) groups is 1. The van der Waals surface area contributed by atoms with Crippen molar-refractivity contribution in [3.05, 3.63) is 29.8 Å². The van der Waals surface area contributed by atoms with Crippen molar-refractivity contribution in [3.8, 4) is 5.75 Å². The summed E-state index contributed by atoms with van der Waals surface area (Å²) < 4.78 is 5.33. The highest BCUT2D eigenvalue weighted by Gasteiger charge is 2.30. The monoisotopic (exact) mass is 530 g/mol. The molecule has 3 N–H and O–H groups in total. The molecule has 1 aliphatic carbocycles. The van der Waals surface area contributed by atoms with E-state index in [1.165, 1.54) is 18.4 Å². The maximum atomic E-state index is 9.75. The first-order valence-corrected chi connectivity index (χ1v) is 11.2. The molecule has 1 saturated carbocycles. The molecule has 0 spiro atoms. The van der Waals surface area contributed by atoms with Gasteiger partial charge in [0, 0.05) is 25.2 Å². The van der Waals surface area contributed by atoms with E-state index in [-0.39, 0.29) is 30.1 Å². The van der Waals surface area contributed by atoms with Crippen molar-refractivity contribution in [1.82, 2.24) is 15.5 Å². The molecule has 30 heavy (non-hydrogen) atoms. The fourth-order valence-corrected chi connectivity index (χ4v) is 4.72. The number of methoxy groups -OCH3 is 1. The minimum absolute atomic E-state index is 0. The number of hydrogen-bond donors (Lipinski definition) is 3. The quantitative estimate of drug-likeness (QED) is 0.298. The number of benzene rings is 1. The van der Waals surface area contributed by atoms with Crippen molar-refractivity contribution in [2.45, 2.75) is 63.6 Å². The van der Waals surface area contributed by atoms with Crippen molar-refractivity contribution in [1.29, 1.82) is 0 Å². The summed E-state index contributed by atoms with van der Waals surface area (Å²) in [6.07, 6.45) is 6.05. The van der Waals surface area contributed by atoms with Crippen LogP contribution in [0.1, 0.15) is 57.1 Å². The highest BCUT2D eigenvalue weighted by Crippen LogP contribution is 2.35. The first-order valence-electron chi connectivity index (χ1n) is 11.2. The summed E-state index contributed by atoms with van der Waals surface area (Å²) in [5.74, 6) is 2.30. The van der Waals surface area contributed by atoms with E-state index in [1.54, 1.807) is 7.11 Å². The largest absolute Gasteiger partial charge is 0.497 e. The van der Waals surface area contributed by atoms with Gasteiger partial charge >= 0.3 is 0 Å². The van der Waals surface area contributed by atoms with Crippen LogP contribution in [0.3, 0.4) is 0 Å². The number of nitrogens with one attached hydrogen (secondary N) is 2. The summed E-state index contributed by atoms with van der Waals surface area (Å²) in [5.41, 5.74) is 1.34. The lowest BCUT2D eigenvalue weighted by molar-refractivity contribution is 0.119. The Morgan fingerprint density at radius 1 is 1.17 bits per heavy atom. The molecule has 2 atom stereocenters. The van der Waals surface area contributed by atoms with Crippen LogP contribution in [0.2, 0.25) is 0 Å². The Morgan fingerprint density at radius 2 is 1.87 bits per heavy atom.